The van der Waals surface area contributed by atoms with E-state index in [0.717, 1.165) is 6.42 Å². The van der Waals surface area contributed by atoms with E-state index in [4.69, 9.17) is 0 Å². The third-order valence-electron chi connectivity index (χ3n) is 0.586. The van der Waals surface area contributed by atoms with Gasteiger partial charge in [0.15, 0.2) is 0 Å². The molecule has 0 atom stereocenters. The SMILES string of the molecule is Cl.Cl.Cl.[C-]1=CC=CC1.[V]. The number of halogens is 3. The summed E-state index contributed by atoms with van der Waals surface area (Å²) in [6, 6.07) is 0. The number of hydrogen-bond donors (Lipinski definition) is 0. The van der Waals surface area contributed by atoms with Gasteiger partial charge in [-0.05, 0) is 0 Å². The Labute approximate surface area is 86.3 Å². The van der Waals surface area contributed by atoms with E-state index >= 15 is 0 Å². The molecule has 0 aromatic rings. The standard InChI is InChI=1S/C5H5.3ClH.V/c1-2-4-5-3-1;;;;/h1-3H,4H2;3*1H;/q-1;;;;. The molecule has 0 heterocycles. The molecular weight excluding hydrogens is 217 g/mol. The number of allylic oxidation sites excluding steroid dienone is 4. The molecule has 1 aliphatic rings. The van der Waals surface area contributed by atoms with Gasteiger partial charge in [-0.25, -0.2) is 12.2 Å². The topological polar surface area (TPSA) is 0 Å². The molecule has 0 aromatic heterocycles. The number of rotatable bonds is 0. The van der Waals surface area contributed by atoms with Gasteiger partial charge in [-0.2, -0.15) is 6.08 Å². The molecule has 0 amide bonds. The molecule has 0 saturated heterocycles. The Kier molecular flexibility index (Phi) is 40.0. The van der Waals surface area contributed by atoms with Crippen molar-refractivity contribution in [2.45, 2.75) is 6.42 Å². The van der Waals surface area contributed by atoms with Crippen molar-refractivity contribution in [2.24, 2.45) is 0 Å². The van der Waals surface area contributed by atoms with Crippen LogP contribution in [0.5, 0.6) is 0 Å². The zero-order valence-electron chi connectivity index (χ0n) is 4.61. The summed E-state index contributed by atoms with van der Waals surface area (Å²) in [5, 5.41) is 0. The minimum Gasteiger partial charge on any atom is -0.273 e. The van der Waals surface area contributed by atoms with Gasteiger partial charge in [0, 0.05) is 18.6 Å². The molecule has 9 heavy (non-hydrogen) atoms. The molecule has 0 spiro atoms. The predicted octanol–water partition coefficient (Wildman–Crippen LogP) is 2.57. The summed E-state index contributed by atoms with van der Waals surface area (Å²) in [4.78, 5) is 0. The van der Waals surface area contributed by atoms with Crippen molar-refractivity contribution in [1.29, 1.82) is 0 Å². The Hall–Kier alpha value is 0.934. The molecule has 0 fully saturated rings. The molecule has 0 unspecified atom stereocenters. The predicted molar refractivity (Wildman–Crippen MR) is 43.3 cm³/mol. The van der Waals surface area contributed by atoms with Crippen LogP contribution in [0.2, 0.25) is 0 Å². The van der Waals surface area contributed by atoms with Gasteiger partial charge >= 0.3 is 0 Å². The third-order valence-corrected chi connectivity index (χ3v) is 0.586. The van der Waals surface area contributed by atoms with Crippen LogP contribution in [-0.2, 0) is 18.6 Å². The molecule has 1 radical (unpaired) electrons. The van der Waals surface area contributed by atoms with Crippen LogP contribution < -0.4 is 0 Å². The van der Waals surface area contributed by atoms with Gasteiger partial charge in [-0.15, -0.1) is 43.6 Å². The van der Waals surface area contributed by atoms with Crippen molar-refractivity contribution >= 4 is 37.2 Å². The van der Waals surface area contributed by atoms with Gasteiger partial charge < -0.3 is 0 Å². The fraction of sp³-hybridized carbons (Fsp3) is 0.200. The van der Waals surface area contributed by atoms with Crippen molar-refractivity contribution in [1.82, 2.24) is 0 Å². The smallest absolute Gasteiger partial charge is 0 e. The first-order chi connectivity index (χ1) is 2.50. The van der Waals surface area contributed by atoms with Crippen LogP contribution in [0, 0.1) is 6.08 Å². The summed E-state index contributed by atoms with van der Waals surface area (Å²) in [7, 11) is 0. The Balaban J connectivity index is -0.0000000312. The van der Waals surface area contributed by atoms with E-state index in [0.29, 0.717) is 0 Å². The van der Waals surface area contributed by atoms with Gasteiger partial charge in [0.25, 0.3) is 0 Å². The molecule has 1 rings (SSSR count). The Morgan fingerprint density at radius 1 is 1.11 bits per heavy atom. The maximum atomic E-state index is 2.99. The molecule has 0 nitrogen and oxygen atoms in total. The molecular formula is C5H8Cl3V-. The van der Waals surface area contributed by atoms with Crippen LogP contribution in [0.25, 0.3) is 0 Å². The summed E-state index contributed by atoms with van der Waals surface area (Å²) in [6.07, 6.45) is 10.0. The van der Waals surface area contributed by atoms with Gasteiger partial charge in [0.2, 0.25) is 0 Å². The van der Waals surface area contributed by atoms with E-state index in [1.807, 2.05) is 12.2 Å². The average molecular weight is 225 g/mol. The van der Waals surface area contributed by atoms with E-state index in [1.54, 1.807) is 0 Å². The summed E-state index contributed by atoms with van der Waals surface area (Å²) >= 11 is 0. The second-order valence-electron chi connectivity index (χ2n) is 1.00. The average Bonchev–Trinajstić information content (AvgIpc) is 1.76. The fourth-order valence-corrected chi connectivity index (χ4v) is 0.340. The van der Waals surface area contributed by atoms with Gasteiger partial charge in [-0.1, -0.05) is 0 Å². The van der Waals surface area contributed by atoms with Crippen molar-refractivity contribution in [3.63, 3.8) is 0 Å². The summed E-state index contributed by atoms with van der Waals surface area (Å²) < 4.78 is 0. The van der Waals surface area contributed by atoms with Crippen LogP contribution in [0.1, 0.15) is 6.42 Å². The van der Waals surface area contributed by atoms with Gasteiger partial charge in [0.1, 0.15) is 0 Å². The first kappa shape index (κ1) is 22.5. The normalized spacial score (nSPS) is 9.78. The van der Waals surface area contributed by atoms with E-state index in [2.05, 4.69) is 12.2 Å². The van der Waals surface area contributed by atoms with Crippen molar-refractivity contribution in [3.05, 3.63) is 24.3 Å². The summed E-state index contributed by atoms with van der Waals surface area (Å²) in [5.41, 5.74) is 0. The van der Waals surface area contributed by atoms with E-state index in [1.165, 1.54) is 0 Å². The molecule has 0 saturated carbocycles. The van der Waals surface area contributed by atoms with E-state index < -0.39 is 0 Å². The minimum absolute atomic E-state index is 0. The zero-order valence-corrected chi connectivity index (χ0v) is 8.46. The Morgan fingerprint density at radius 2 is 1.67 bits per heavy atom. The van der Waals surface area contributed by atoms with Crippen molar-refractivity contribution in [2.75, 3.05) is 0 Å². The molecule has 0 aliphatic heterocycles. The second-order valence-corrected chi connectivity index (χ2v) is 1.00. The monoisotopic (exact) mass is 224 g/mol. The summed E-state index contributed by atoms with van der Waals surface area (Å²) in [5.74, 6) is 0. The second kappa shape index (κ2) is 16.0. The zero-order chi connectivity index (χ0) is 3.54. The Morgan fingerprint density at radius 3 is 1.78 bits per heavy atom. The van der Waals surface area contributed by atoms with Crippen LogP contribution in [-0.4, -0.2) is 0 Å². The van der Waals surface area contributed by atoms with E-state index in [-0.39, 0.29) is 55.8 Å². The minimum atomic E-state index is 0. The maximum absolute atomic E-state index is 2.99. The van der Waals surface area contributed by atoms with Crippen molar-refractivity contribution < 1.29 is 18.6 Å². The van der Waals surface area contributed by atoms with Gasteiger partial charge in [-0.3, -0.25) is 6.08 Å². The fourth-order valence-electron chi connectivity index (χ4n) is 0.340. The molecule has 0 N–H and O–H groups in total. The van der Waals surface area contributed by atoms with Crippen molar-refractivity contribution in [3.8, 4) is 0 Å². The molecule has 0 aromatic carbocycles. The van der Waals surface area contributed by atoms with Crippen LogP contribution in [0.4, 0.5) is 0 Å². The molecule has 0 bridgehead atoms. The van der Waals surface area contributed by atoms with Crippen LogP contribution in [0.3, 0.4) is 0 Å². The quantitative estimate of drug-likeness (QED) is 0.556. The number of hydrogen-bond acceptors (Lipinski definition) is 0. The van der Waals surface area contributed by atoms with Crippen LogP contribution in [0.15, 0.2) is 18.2 Å². The molecule has 4 heteroatoms. The van der Waals surface area contributed by atoms with E-state index in [9.17, 15) is 0 Å². The first-order valence-corrected chi connectivity index (χ1v) is 1.72. The first-order valence-electron chi connectivity index (χ1n) is 1.72. The maximum Gasteiger partial charge on any atom is 0 e. The Bertz CT molecular complexity index is 70.3. The third kappa shape index (κ3) is 12.2. The summed E-state index contributed by atoms with van der Waals surface area (Å²) in [6.45, 7) is 0. The van der Waals surface area contributed by atoms with Gasteiger partial charge in [0.05, 0.1) is 0 Å². The largest absolute Gasteiger partial charge is 0.273 e. The molecule has 1 aliphatic carbocycles. The molecule has 55 valence electrons. The van der Waals surface area contributed by atoms with Crippen LogP contribution >= 0.6 is 37.2 Å².